The molecule has 0 unspecified atom stereocenters. The largest absolute Gasteiger partial charge is 2.00 e. The van der Waals surface area contributed by atoms with E-state index in [0.717, 1.165) is 26.9 Å². The van der Waals surface area contributed by atoms with Crippen LogP contribution in [0.25, 0.3) is 0 Å². The summed E-state index contributed by atoms with van der Waals surface area (Å²) in [5.41, 5.74) is 10.3. The standard InChI is InChI=1S/C4H13N3.2C2H4O2.Mn/c5-1-3-7-4-2-6;2*1-2(3)4;/h7H,1-6H2;2*1H3,(H,3,4);/q;;;+2/p-2. The van der Waals surface area contributed by atoms with Crippen molar-refractivity contribution in [2.75, 3.05) is 26.2 Å². The maximum absolute atomic E-state index is 8.89. The van der Waals surface area contributed by atoms with E-state index in [1.54, 1.807) is 0 Å². The van der Waals surface area contributed by atoms with Crippen LogP contribution in [0.1, 0.15) is 13.8 Å². The molecule has 0 fully saturated rings. The van der Waals surface area contributed by atoms with Gasteiger partial charge in [-0.15, -0.1) is 0 Å². The Kier molecular flexibility index (Phi) is 36.6. The Morgan fingerprint density at radius 3 is 1.31 bits per heavy atom. The Bertz CT molecular complexity index is 134. The number of carboxylic acid groups (broad SMARTS) is 2. The van der Waals surface area contributed by atoms with Crippen molar-refractivity contribution in [1.82, 2.24) is 5.32 Å². The molecule has 0 bridgehead atoms. The molecule has 5 N–H and O–H groups in total. The van der Waals surface area contributed by atoms with E-state index >= 15 is 0 Å². The van der Waals surface area contributed by atoms with E-state index in [0.29, 0.717) is 13.1 Å². The van der Waals surface area contributed by atoms with E-state index in [2.05, 4.69) is 5.32 Å². The molecule has 0 heterocycles. The molecule has 0 aliphatic rings. The van der Waals surface area contributed by atoms with E-state index in [1.165, 1.54) is 0 Å². The zero-order chi connectivity index (χ0) is 12.7. The molecule has 16 heavy (non-hydrogen) atoms. The Hall–Kier alpha value is -0.661. The van der Waals surface area contributed by atoms with Crippen LogP contribution in [-0.2, 0) is 26.7 Å². The first-order valence-corrected chi connectivity index (χ1v) is 4.34. The van der Waals surface area contributed by atoms with Gasteiger partial charge in [0.2, 0.25) is 0 Å². The molecule has 0 atom stereocenters. The molecule has 0 aliphatic carbocycles. The number of hydrogen-bond donors (Lipinski definition) is 3. The molecule has 0 aromatic carbocycles. The minimum absolute atomic E-state index is 0. The van der Waals surface area contributed by atoms with Crippen LogP contribution in [-0.4, -0.2) is 38.1 Å². The second-order valence-electron chi connectivity index (χ2n) is 2.31. The zero-order valence-corrected chi connectivity index (χ0v) is 10.7. The van der Waals surface area contributed by atoms with Gasteiger partial charge in [0.1, 0.15) is 0 Å². The van der Waals surface area contributed by atoms with Crippen LogP contribution in [0, 0.1) is 0 Å². The Balaban J connectivity index is -0.0000000700. The van der Waals surface area contributed by atoms with Gasteiger partial charge in [0.25, 0.3) is 0 Å². The number of hydrogen-bond acceptors (Lipinski definition) is 7. The zero-order valence-electron chi connectivity index (χ0n) is 9.49. The van der Waals surface area contributed by atoms with Crippen molar-refractivity contribution in [2.45, 2.75) is 13.8 Å². The van der Waals surface area contributed by atoms with Crippen LogP contribution in [0.3, 0.4) is 0 Å². The number of carboxylic acids is 2. The van der Waals surface area contributed by atoms with Crippen molar-refractivity contribution in [3.05, 3.63) is 0 Å². The van der Waals surface area contributed by atoms with Crippen LogP contribution < -0.4 is 27.0 Å². The second kappa shape index (κ2) is 23.9. The van der Waals surface area contributed by atoms with Crippen molar-refractivity contribution in [2.24, 2.45) is 11.5 Å². The van der Waals surface area contributed by atoms with Gasteiger partial charge in [-0.05, 0) is 13.8 Å². The van der Waals surface area contributed by atoms with Gasteiger partial charge in [-0.1, -0.05) is 0 Å². The molecule has 0 spiro atoms. The van der Waals surface area contributed by atoms with Crippen molar-refractivity contribution < 1.29 is 36.9 Å². The van der Waals surface area contributed by atoms with Gasteiger partial charge in [-0.25, -0.2) is 0 Å². The number of carbonyl (C=O) groups is 2. The summed E-state index contributed by atoms with van der Waals surface area (Å²) >= 11 is 0. The first-order chi connectivity index (χ1) is 6.88. The molecule has 0 aromatic heterocycles. The summed E-state index contributed by atoms with van der Waals surface area (Å²) in [5.74, 6) is -2.17. The Morgan fingerprint density at radius 1 is 1.00 bits per heavy atom. The molecular formula is C8H19MnN3O4. The van der Waals surface area contributed by atoms with Gasteiger partial charge in [-0.3, -0.25) is 0 Å². The first kappa shape index (κ1) is 24.5. The summed E-state index contributed by atoms with van der Waals surface area (Å²) in [7, 11) is 0. The average molecular weight is 276 g/mol. The number of carbonyl (C=O) groups excluding carboxylic acids is 2. The van der Waals surface area contributed by atoms with Crippen LogP contribution in [0.5, 0.6) is 0 Å². The van der Waals surface area contributed by atoms with E-state index in [9.17, 15) is 0 Å². The topological polar surface area (TPSA) is 144 Å². The third kappa shape index (κ3) is 182. The number of rotatable bonds is 4. The molecular weight excluding hydrogens is 257 g/mol. The van der Waals surface area contributed by atoms with Gasteiger partial charge in [-0.2, -0.15) is 0 Å². The van der Waals surface area contributed by atoms with Crippen molar-refractivity contribution >= 4 is 11.9 Å². The van der Waals surface area contributed by atoms with Gasteiger partial charge < -0.3 is 36.6 Å². The third-order valence-electron chi connectivity index (χ3n) is 0.642. The minimum atomic E-state index is -1.08. The summed E-state index contributed by atoms with van der Waals surface area (Å²) < 4.78 is 0. The molecule has 0 amide bonds. The normalized spacial score (nSPS) is 7.25. The number of aliphatic carboxylic acids is 2. The molecule has 0 saturated heterocycles. The molecule has 97 valence electrons. The van der Waals surface area contributed by atoms with Gasteiger partial charge in [0.05, 0.1) is 0 Å². The monoisotopic (exact) mass is 276 g/mol. The third-order valence-corrected chi connectivity index (χ3v) is 0.642. The minimum Gasteiger partial charge on any atom is -0.550 e. The Labute approximate surface area is 106 Å². The molecule has 8 heteroatoms. The van der Waals surface area contributed by atoms with Gasteiger partial charge in [0, 0.05) is 38.1 Å². The van der Waals surface area contributed by atoms with Crippen molar-refractivity contribution in [3.63, 3.8) is 0 Å². The van der Waals surface area contributed by atoms with Crippen LogP contribution >= 0.6 is 0 Å². The van der Waals surface area contributed by atoms with Crippen LogP contribution in [0.15, 0.2) is 0 Å². The fraction of sp³-hybridized carbons (Fsp3) is 0.750. The molecule has 0 aliphatic heterocycles. The number of nitrogens with two attached hydrogens (primary N) is 2. The number of nitrogens with one attached hydrogen (secondary N) is 1. The maximum Gasteiger partial charge on any atom is 2.00 e. The smallest absolute Gasteiger partial charge is 0.550 e. The molecule has 7 nitrogen and oxygen atoms in total. The van der Waals surface area contributed by atoms with Gasteiger partial charge >= 0.3 is 17.1 Å². The second-order valence-corrected chi connectivity index (χ2v) is 2.31. The quantitative estimate of drug-likeness (QED) is 0.350. The van der Waals surface area contributed by atoms with Gasteiger partial charge in [0.15, 0.2) is 0 Å². The fourth-order valence-electron chi connectivity index (χ4n) is 0.329. The SMILES string of the molecule is CC(=O)[O-].CC(=O)[O-].NCCNCCN.[Mn+2]. The molecule has 1 radical (unpaired) electrons. The van der Waals surface area contributed by atoms with E-state index in [-0.39, 0.29) is 17.1 Å². The van der Waals surface area contributed by atoms with Crippen molar-refractivity contribution in [1.29, 1.82) is 0 Å². The van der Waals surface area contributed by atoms with E-state index in [4.69, 9.17) is 31.3 Å². The summed E-state index contributed by atoms with van der Waals surface area (Å²) in [4.78, 5) is 17.8. The van der Waals surface area contributed by atoms with Crippen LogP contribution in [0.4, 0.5) is 0 Å². The molecule has 0 rings (SSSR count). The predicted molar refractivity (Wildman–Crippen MR) is 52.3 cm³/mol. The molecule has 0 saturated carbocycles. The van der Waals surface area contributed by atoms with E-state index in [1.807, 2.05) is 0 Å². The maximum atomic E-state index is 8.89. The summed E-state index contributed by atoms with van der Waals surface area (Å²) in [6, 6.07) is 0. The summed E-state index contributed by atoms with van der Waals surface area (Å²) in [6.45, 7) is 5.08. The van der Waals surface area contributed by atoms with Crippen molar-refractivity contribution in [3.8, 4) is 0 Å². The molecule has 0 aromatic rings. The predicted octanol–water partition coefficient (Wildman–Crippen LogP) is -4.00. The van der Waals surface area contributed by atoms with E-state index < -0.39 is 11.9 Å². The average Bonchev–Trinajstić information content (AvgIpc) is 2.03. The summed E-state index contributed by atoms with van der Waals surface area (Å²) in [5, 5.41) is 20.8. The first-order valence-electron chi connectivity index (χ1n) is 4.34. The Morgan fingerprint density at radius 2 is 1.19 bits per heavy atom. The van der Waals surface area contributed by atoms with Crippen LogP contribution in [0.2, 0.25) is 0 Å². The fourth-order valence-corrected chi connectivity index (χ4v) is 0.329. The summed E-state index contributed by atoms with van der Waals surface area (Å²) in [6.07, 6.45) is 0.